The summed E-state index contributed by atoms with van der Waals surface area (Å²) in [6.07, 6.45) is 0.406. The summed E-state index contributed by atoms with van der Waals surface area (Å²) in [5.41, 5.74) is 1.43. The summed E-state index contributed by atoms with van der Waals surface area (Å²) in [6, 6.07) is 11.2. The van der Waals surface area contributed by atoms with Crippen LogP contribution in [0.25, 0.3) is 0 Å². The molecule has 140 valence electrons. The van der Waals surface area contributed by atoms with Crippen molar-refractivity contribution in [2.24, 2.45) is 0 Å². The lowest BCUT2D eigenvalue weighted by molar-refractivity contribution is -0.121. The monoisotopic (exact) mass is 442 g/mol. The zero-order valence-electron chi connectivity index (χ0n) is 14.3. The summed E-state index contributed by atoms with van der Waals surface area (Å²) in [4.78, 5) is 12.0. The molecule has 0 unspecified atom stereocenters. The molecule has 26 heavy (non-hydrogen) atoms. The van der Waals surface area contributed by atoms with Crippen LogP contribution in [0.4, 0.5) is 4.39 Å². The molecule has 0 fully saturated rings. The maximum Gasteiger partial charge on any atom is 0.240 e. The molecule has 0 saturated carbocycles. The Labute approximate surface area is 161 Å². The highest BCUT2D eigenvalue weighted by Crippen LogP contribution is 2.16. The van der Waals surface area contributed by atoms with Gasteiger partial charge in [-0.3, -0.25) is 4.79 Å². The van der Waals surface area contributed by atoms with Crippen LogP contribution < -0.4 is 10.0 Å². The average Bonchev–Trinajstić information content (AvgIpc) is 2.58. The molecular formula is C18H20BrFN2O3S. The highest BCUT2D eigenvalue weighted by atomic mass is 79.9. The molecule has 0 spiro atoms. The predicted molar refractivity (Wildman–Crippen MR) is 102 cm³/mol. The SMILES string of the molecule is Cc1ccc(S(=O)(=O)NCCNC(=O)CCc2ccc(Br)cc2F)cc1. The molecule has 5 nitrogen and oxygen atoms in total. The highest BCUT2D eigenvalue weighted by molar-refractivity contribution is 9.10. The van der Waals surface area contributed by atoms with Crippen LogP contribution in [0.15, 0.2) is 51.8 Å². The zero-order valence-corrected chi connectivity index (χ0v) is 16.7. The van der Waals surface area contributed by atoms with E-state index in [9.17, 15) is 17.6 Å². The van der Waals surface area contributed by atoms with Crippen molar-refractivity contribution in [1.29, 1.82) is 0 Å². The van der Waals surface area contributed by atoms with Gasteiger partial charge in [0.2, 0.25) is 15.9 Å². The molecule has 2 aromatic carbocycles. The normalized spacial score (nSPS) is 11.3. The van der Waals surface area contributed by atoms with E-state index in [1.807, 2.05) is 6.92 Å². The van der Waals surface area contributed by atoms with Gasteiger partial charge in [0.25, 0.3) is 0 Å². The predicted octanol–water partition coefficient (Wildman–Crippen LogP) is 2.92. The Kier molecular flexibility index (Phi) is 7.31. The van der Waals surface area contributed by atoms with Crippen molar-refractivity contribution in [3.05, 3.63) is 63.9 Å². The molecule has 2 rings (SSSR count). The number of sulfonamides is 1. The van der Waals surface area contributed by atoms with E-state index in [2.05, 4.69) is 26.0 Å². The maximum atomic E-state index is 13.7. The Morgan fingerprint density at radius 1 is 1.12 bits per heavy atom. The summed E-state index contributed by atoms with van der Waals surface area (Å²) in [5.74, 6) is -0.625. The van der Waals surface area contributed by atoms with Crippen LogP contribution in [0.2, 0.25) is 0 Å². The molecule has 0 aliphatic heterocycles. The van der Waals surface area contributed by atoms with Crippen molar-refractivity contribution in [3.8, 4) is 0 Å². The molecule has 0 atom stereocenters. The van der Waals surface area contributed by atoms with E-state index < -0.39 is 10.0 Å². The lowest BCUT2D eigenvalue weighted by Crippen LogP contribution is -2.34. The van der Waals surface area contributed by atoms with Gasteiger partial charge in [-0.2, -0.15) is 0 Å². The van der Waals surface area contributed by atoms with Crippen molar-refractivity contribution in [1.82, 2.24) is 10.0 Å². The van der Waals surface area contributed by atoms with Crippen molar-refractivity contribution in [2.45, 2.75) is 24.7 Å². The molecule has 0 radical (unpaired) electrons. The van der Waals surface area contributed by atoms with Crippen molar-refractivity contribution >= 4 is 31.9 Å². The minimum absolute atomic E-state index is 0.0780. The van der Waals surface area contributed by atoms with Crippen molar-refractivity contribution < 1.29 is 17.6 Å². The first kappa shape index (κ1) is 20.5. The van der Waals surface area contributed by atoms with Gasteiger partial charge in [0.05, 0.1) is 4.90 Å². The van der Waals surface area contributed by atoms with E-state index in [1.54, 1.807) is 24.3 Å². The summed E-state index contributed by atoms with van der Waals surface area (Å²) in [6.45, 7) is 2.11. The fourth-order valence-corrected chi connectivity index (χ4v) is 3.61. The molecule has 0 saturated heterocycles. The van der Waals surface area contributed by atoms with Gasteiger partial charge >= 0.3 is 0 Å². The lowest BCUT2D eigenvalue weighted by atomic mass is 10.1. The molecule has 0 bridgehead atoms. The number of aryl methyl sites for hydroxylation is 2. The Morgan fingerprint density at radius 3 is 2.46 bits per heavy atom. The number of amides is 1. The first-order chi connectivity index (χ1) is 12.3. The summed E-state index contributed by atoms with van der Waals surface area (Å²) >= 11 is 3.18. The third kappa shape index (κ3) is 6.19. The van der Waals surface area contributed by atoms with Gasteiger partial charge in [-0.05, 0) is 43.2 Å². The molecule has 1 amide bonds. The average molecular weight is 443 g/mol. The van der Waals surface area contributed by atoms with Gasteiger partial charge in [-0.25, -0.2) is 17.5 Å². The van der Waals surface area contributed by atoms with E-state index in [0.29, 0.717) is 10.0 Å². The number of carbonyl (C=O) groups is 1. The minimum atomic E-state index is -3.60. The van der Waals surface area contributed by atoms with Crippen molar-refractivity contribution in [2.75, 3.05) is 13.1 Å². The van der Waals surface area contributed by atoms with Crippen molar-refractivity contribution in [3.63, 3.8) is 0 Å². The number of carbonyl (C=O) groups excluding carboxylic acids is 1. The smallest absolute Gasteiger partial charge is 0.240 e. The fraction of sp³-hybridized carbons (Fsp3) is 0.278. The summed E-state index contributed by atoms with van der Waals surface area (Å²) < 4.78 is 40.9. The Hall–Kier alpha value is -1.77. The first-order valence-electron chi connectivity index (χ1n) is 8.05. The van der Waals surface area contributed by atoms with Gasteiger partial charge < -0.3 is 5.32 Å². The third-order valence-corrected chi connectivity index (χ3v) is 5.68. The number of nitrogens with one attached hydrogen (secondary N) is 2. The topological polar surface area (TPSA) is 75.3 Å². The number of hydrogen-bond acceptors (Lipinski definition) is 3. The molecule has 0 aliphatic rings. The largest absolute Gasteiger partial charge is 0.355 e. The van der Waals surface area contributed by atoms with Gasteiger partial charge in [0, 0.05) is 24.0 Å². The molecule has 2 N–H and O–H groups in total. The quantitative estimate of drug-likeness (QED) is 0.617. The Morgan fingerprint density at radius 2 is 1.81 bits per heavy atom. The van der Waals surface area contributed by atoms with E-state index >= 15 is 0 Å². The second-order valence-electron chi connectivity index (χ2n) is 5.80. The van der Waals surface area contributed by atoms with Crippen LogP contribution in [0.3, 0.4) is 0 Å². The van der Waals surface area contributed by atoms with E-state index in [0.717, 1.165) is 5.56 Å². The van der Waals surface area contributed by atoms with Gasteiger partial charge in [0.15, 0.2) is 0 Å². The first-order valence-corrected chi connectivity index (χ1v) is 10.3. The van der Waals surface area contributed by atoms with Crippen LogP contribution in [-0.4, -0.2) is 27.4 Å². The number of halogens is 2. The van der Waals surface area contributed by atoms with Gasteiger partial charge in [-0.1, -0.05) is 39.7 Å². The number of hydrogen-bond donors (Lipinski definition) is 2. The molecule has 0 aromatic heterocycles. The minimum Gasteiger partial charge on any atom is -0.355 e. The molecule has 0 heterocycles. The second kappa shape index (κ2) is 9.25. The molecule has 0 aliphatic carbocycles. The van der Waals surface area contributed by atoms with Crippen LogP contribution in [-0.2, 0) is 21.2 Å². The Bertz CT molecular complexity index is 871. The Balaban J connectivity index is 1.73. The maximum absolute atomic E-state index is 13.7. The van der Waals surface area contributed by atoms with Crippen LogP contribution in [0, 0.1) is 12.7 Å². The molecule has 2 aromatic rings. The second-order valence-corrected chi connectivity index (χ2v) is 8.48. The third-order valence-electron chi connectivity index (χ3n) is 3.71. The zero-order chi connectivity index (χ0) is 19.2. The van der Waals surface area contributed by atoms with E-state index in [-0.39, 0.29) is 42.6 Å². The van der Waals surface area contributed by atoms with Crippen LogP contribution in [0.5, 0.6) is 0 Å². The fourth-order valence-electron chi connectivity index (χ4n) is 2.25. The lowest BCUT2D eigenvalue weighted by Gasteiger charge is -2.09. The molecule has 8 heteroatoms. The molecular weight excluding hydrogens is 423 g/mol. The van der Waals surface area contributed by atoms with E-state index in [1.165, 1.54) is 18.2 Å². The highest BCUT2D eigenvalue weighted by Gasteiger charge is 2.13. The van der Waals surface area contributed by atoms with E-state index in [4.69, 9.17) is 0 Å². The standard InChI is InChI=1S/C18H20BrFN2O3S/c1-13-2-7-16(8-3-13)26(24,25)22-11-10-21-18(23)9-5-14-4-6-15(19)12-17(14)20/h2-4,6-8,12,22H,5,9-11H2,1H3,(H,21,23). The van der Waals surface area contributed by atoms with Crippen LogP contribution in [0.1, 0.15) is 17.5 Å². The van der Waals surface area contributed by atoms with Gasteiger partial charge in [-0.15, -0.1) is 0 Å². The summed E-state index contributed by atoms with van der Waals surface area (Å²) in [7, 11) is -3.60. The van der Waals surface area contributed by atoms with Gasteiger partial charge in [0.1, 0.15) is 5.82 Å². The number of rotatable bonds is 8. The van der Waals surface area contributed by atoms with Crippen LogP contribution >= 0.6 is 15.9 Å². The number of benzene rings is 2. The summed E-state index contributed by atoms with van der Waals surface area (Å²) in [5, 5.41) is 2.62.